The number of aromatic nitrogens is 6. The highest BCUT2D eigenvalue weighted by Crippen LogP contribution is 2.23. The quantitative estimate of drug-likeness (QED) is 0.298. The van der Waals surface area contributed by atoms with Gasteiger partial charge in [-0.3, -0.25) is 4.79 Å². The van der Waals surface area contributed by atoms with Gasteiger partial charge in [0.25, 0.3) is 5.91 Å². The van der Waals surface area contributed by atoms with Crippen LogP contribution < -0.4 is 10.6 Å². The molecule has 10 heteroatoms. The van der Waals surface area contributed by atoms with E-state index >= 15 is 0 Å². The van der Waals surface area contributed by atoms with Gasteiger partial charge in [0.15, 0.2) is 10.8 Å². The van der Waals surface area contributed by atoms with Crippen LogP contribution in [-0.2, 0) is 13.1 Å². The summed E-state index contributed by atoms with van der Waals surface area (Å²) in [4.78, 5) is 25.8. The zero-order valence-electron chi connectivity index (χ0n) is 18.3. The fourth-order valence-electron chi connectivity index (χ4n) is 3.30. The van der Waals surface area contributed by atoms with Crippen LogP contribution in [0.25, 0.3) is 11.0 Å². The number of nitrogens with one attached hydrogen (secondary N) is 2. The summed E-state index contributed by atoms with van der Waals surface area (Å²) in [5, 5.41) is 12.3. The number of nitrogens with zero attached hydrogens (tertiary/aromatic N) is 6. The normalized spacial score (nSPS) is 11.2. The van der Waals surface area contributed by atoms with E-state index in [9.17, 15) is 4.79 Å². The van der Waals surface area contributed by atoms with Crippen molar-refractivity contribution in [2.45, 2.75) is 38.1 Å². The van der Waals surface area contributed by atoms with E-state index in [0.29, 0.717) is 23.8 Å². The molecule has 3 heterocycles. The number of amides is 1. The van der Waals surface area contributed by atoms with Crippen LogP contribution in [-0.4, -0.2) is 54.0 Å². The number of rotatable bonds is 9. The van der Waals surface area contributed by atoms with Gasteiger partial charge in [-0.05, 0) is 37.8 Å². The number of fused-ring (bicyclic) bond motifs is 1. The van der Waals surface area contributed by atoms with Crippen molar-refractivity contribution in [3.05, 3.63) is 60.3 Å². The summed E-state index contributed by atoms with van der Waals surface area (Å²) < 4.78 is 3.79. The van der Waals surface area contributed by atoms with Crippen molar-refractivity contribution in [2.75, 3.05) is 18.1 Å². The number of carbonyl (C=O) groups excluding carboxylic acids is 1. The number of carbonyl (C=O) groups is 1. The van der Waals surface area contributed by atoms with Gasteiger partial charge in [0, 0.05) is 37.1 Å². The molecule has 0 fully saturated rings. The maximum atomic E-state index is 12.5. The number of thioether (sulfide) groups is 1. The Bertz CT molecular complexity index is 1180. The van der Waals surface area contributed by atoms with Crippen LogP contribution in [0, 0.1) is 0 Å². The van der Waals surface area contributed by atoms with Crippen LogP contribution in [0.5, 0.6) is 0 Å². The van der Waals surface area contributed by atoms with Crippen LogP contribution in [0.4, 0.5) is 5.82 Å². The standard InChI is InChI=1S/C22H26N8OS/c1-15(2)26-19-18-12-25-30(20(18)28-22(27-19)32-3)11-9-24-21(31)17-6-4-16(5-7-17)13-29-10-8-23-14-29/h4-8,10,12,14-15H,9,11,13H2,1-3H3,(H,24,31)(H,26,27,28). The average molecular weight is 451 g/mol. The topological polar surface area (TPSA) is 103 Å². The lowest BCUT2D eigenvalue weighted by molar-refractivity contribution is 0.0952. The lowest BCUT2D eigenvalue weighted by Gasteiger charge is -2.11. The summed E-state index contributed by atoms with van der Waals surface area (Å²) in [7, 11) is 0. The third kappa shape index (κ3) is 5.08. The fourth-order valence-corrected chi connectivity index (χ4v) is 3.66. The molecule has 1 amide bonds. The van der Waals surface area contributed by atoms with Gasteiger partial charge in [-0.25, -0.2) is 19.6 Å². The molecule has 3 aromatic heterocycles. The Morgan fingerprint density at radius 2 is 2.00 bits per heavy atom. The van der Waals surface area contributed by atoms with Gasteiger partial charge < -0.3 is 15.2 Å². The Morgan fingerprint density at radius 1 is 1.19 bits per heavy atom. The largest absolute Gasteiger partial charge is 0.367 e. The number of hydrogen-bond donors (Lipinski definition) is 2. The molecule has 9 nitrogen and oxygen atoms in total. The van der Waals surface area contributed by atoms with E-state index in [-0.39, 0.29) is 11.9 Å². The molecule has 2 N–H and O–H groups in total. The predicted molar refractivity (Wildman–Crippen MR) is 126 cm³/mol. The van der Waals surface area contributed by atoms with Crippen molar-refractivity contribution in [1.82, 2.24) is 34.6 Å². The SMILES string of the molecule is CSc1nc(NC(C)C)c2cnn(CCNC(=O)c3ccc(Cn4ccnc4)cc3)c2n1. The predicted octanol–water partition coefficient (Wildman–Crippen LogP) is 3.04. The summed E-state index contributed by atoms with van der Waals surface area (Å²) >= 11 is 1.49. The lowest BCUT2D eigenvalue weighted by Crippen LogP contribution is -2.27. The van der Waals surface area contributed by atoms with Crippen LogP contribution in [0.15, 0.2) is 54.3 Å². The van der Waals surface area contributed by atoms with Crippen LogP contribution in [0.2, 0.25) is 0 Å². The van der Waals surface area contributed by atoms with E-state index in [1.165, 1.54) is 11.8 Å². The third-order valence-corrected chi connectivity index (χ3v) is 5.38. The molecular formula is C22H26N8OS. The number of hydrogen-bond acceptors (Lipinski definition) is 7. The zero-order valence-corrected chi connectivity index (χ0v) is 19.1. The molecule has 166 valence electrons. The summed E-state index contributed by atoms with van der Waals surface area (Å²) in [5.41, 5.74) is 2.49. The van der Waals surface area contributed by atoms with E-state index in [4.69, 9.17) is 0 Å². The van der Waals surface area contributed by atoms with E-state index in [0.717, 1.165) is 29.0 Å². The Labute approximate surface area is 190 Å². The van der Waals surface area contributed by atoms with Crippen molar-refractivity contribution in [1.29, 1.82) is 0 Å². The molecule has 0 atom stereocenters. The van der Waals surface area contributed by atoms with Crippen molar-refractivity contribution in [3.8, 4) is 0 Å². The molecule has 0 spiro atoms. The molecule has 4 rings (SSSR count). The maximum Gasteiger partial charge on any atom is 0.251 e. The molecule has 0 aliphatic heterocycles. The molecule has 0 bridgehead atoms. The van der Waals surface area contributed by atoms with Crippen molar-refractivity contribution >= 4 is 34.5 Å². The first-order valence-electron chi connectivity index (χ1n) is 10.4. The number of imidazole rings is 1. The minimum atomic E-state index is -0.114. The van der Waals surface area contributed by atoms with Crippen LogP contribution in [0.1, 0.15) is 29.8 Å². The fraction of sp³-hybridized carbons (Fsp3) is 0.318. The van der Waals surface area contributed by atoms with Crippen LogP contribution >= 0.6 is 11.8 Å². The molecule has 0 saturated heterocycles. The lowest BCUT2D eigenvalue weighted by atomic mass is 10.1. The van der Waals surface area contributed by atoms with E-state index in [1.54, 1.807) is 23.4 Å². The van der Waals surface area contributed by atoms with Gasteiger partial charge in [0.2, 0.25) is 0 Å². The van der Waals surface area contributed by atoms with Crippen molar-refractivity contribution in [2.24, 2.45) is 0 Å². The number of anilines is 1. The highest BCUT2D eigenvalue weighted by Gasteiger charge is 2.14. The minimum absolute atomic E-state index is 0.114. The van der Waals surface area contributed by atoms with Gasteiger partial charge >= 0.3 is 0 Å². The molecule has 32 heavy (non-hydrogen) atoms. The second-order valence-corrected chi connectivity index (χ2v) is 8.42. The second kappa shape index (κ2) is 9.82. The van der Waals surface area contributed by atoms with Gasteiger partial charge in [-0.15, -0.1) is 0 Å². The molecule has 0 unspecified atom stereocenters. The van der Waals surface area contributed by atoms with E-state index < -0.39 is 0 Å². The molecule has 4 aromatic rings. The smallest absolute Gasteiger partial charge is 0.251 e. The van der Waals surface area contributed by atoms with E-state index in [2.05, 4.69) is 44.5 Å². The van der Waals surface area contributed by atoms with Crippen molar-refractivity contribution < 1.29 is 4.79 Å². The van der Waals surface area contributed by atoms with Gasteiger partial charge in [-0.1, -0.05) is 23.9 Å². The van der Waals surface area contributed by atoms with Crippen molar-refractivity contribution in [3.63, 3.8) is 0 Å². The summed E-state index contributed by atoms with van der Waals surface area (Å²) in [6.07, 6.45) is 9.15. The first kappa shape index (κ1) is 21.8. The maximum absolute atomic E-state index is 12.5. The third-order valence-electron chi connectivity index (χ3n) is 4.83. The number of benzene rings is 1. The van der Waals surface area contributed by atoms with Gasteiger partial charge in [0.1, 0.15) is 5.82 Å². The Hall–Kier alpha value is -3.40. The van der Waals surface area contributed by atoms with Crippen LogP contribution in [0.3, 0.4) is 0 Å². The molecule has 1 aromatic carbocycles. The Kier molecular flexibility index (Phi) is 6.69. The first-order chi connectivity index (χ1) is 15.5. The highest BCUT2D eigenvalue weighted by atomic mass is 32.2. The first-order valence-corrected chi connectivity index (χ1v) is 11.6. The summed E-state index contributed by atoms with van der Waals surface area (Å²) in [6.45, 7) is 5.81. The summed E-state index contributed by atoms with van der Waals surface area (Å²) in [6, 6.07) is 7.84. The Balaban J connectivity index is 1.39. The molecular weight excluding hydrogens is 424 g/mol. The molecule has 0 aliphatic rings. The second-order valence-electron chi connectivity index (χ2n) is 7.65. The minimum Gasteiger partial charge on any atom is -0.367 e. The molecule has 0 radical (unpaired) electrons. The molecule has 0 saturated carbocycles. The highest BCUT2D eigenvalue weighted by molar-refractivity contribution is 7.98. The van der Waals surface area contributed by atoms with Gasteiger partial charge in [-0.2, -0.15) is 5.10 Å². The summed E-state index contributed by atoms with van der Waals surface area (Å²) in [5.74, 6) is 0.664. The average Bonchev–Trinajstić information content (AvgIpc) is 3.44. The monoisotopic (exact) mass is 450 g/mol. The van der Waals surface area contributed by atoms with Gasteiger partial charge in [0.05, 0.1) is 24.5 Å². The molecule has 0 aliphatic carbocycles. The van der Waals surface area contributed by atoms with E-state index in [1.807, 2.05) is 41.3 Å². The zero-order chi connectivity index (χ0) is 22.5. The Morgan fingerprint density at radius 3 is 2.69 bits per heavy atom.